The Morgan fingerprint density at radius 1 is 1.13 bits per heavy atom. The van der Waals surface area contributed by atoms with Gasteiger partial charge >= 0.3 is 0 Å². The zero-order valence-electron chi connectivity index (χ0n) is 15.2. The van der Waals surface area contributed by atoms with E-state index in [4.69, 9.17) is 9.47 Å². The largest absolute Gasteiger partial charge is 0.497 e. The molecule has 0 N–H and O–H groups in total. The van der Waals surface area contributed by atoms with E-state index in [0.29, 0.717) is 6.42 Å². The molecule has 1 amide bonds. The van der Waals surface area contributed by atoms with Crippen molar-refractivity contribution < 1.29 is 14.3 Å². The molecule has 0 fully saturated rings. The molecule has 1 unspecified atom stereocenters. The van der Waals surface area contributed by atoms with Crippen molar-refractivity contribution >= 4 is 5.91 Å². The molecule has 1 aromatic rings. The first-order chi connectivity index (χ1) is 11.1. The lowest BCUT2D eigenvalue weighted by Gasteiger charge is -2.24. The summed E-state index contributed by atoms with van der Waals surface area (Å²) in [5.74, 6) is 1.88. The van der Waals surface area contributed by atoms with Gasteiger partial charge in [0.05, 0.1) is 14.2 Å². The first-order valence-corrected chi connectivity index (χ1v) is 8.57. The number of hydrogen-bond acceptors (Lipinski definition) is 3. The summed E-state index contributed by atoms with van der Waals surface area (Å²) in [4.78, 5) is 14.6. The van der Waals surface area contributed by atoms with Crippen LogP contribution in [0, 0.1) is 0 Å². The minimum absolute atomic E-state index is 0.115. The molecule has 0 saturated heterocycles. The molecule has 0 aromatic heterocycles. The second kappa shape index (κ2) is 10.1. The van der Waals surface area contributed by atoms with E-state index in [1.807, 2.05) is 23.1 Å². The highest BCUT2D eigenvalue weighted by Crippen LogP contribution is 2.32. The Morgan fingerprint density at radius 2 is 1.87 bits per heavy atom. The molecule has 4 nitrogen and oxygen atoms in total. The van der Waals surface area contributed by atoms with Crippen LogP contribution in [-0.4, -0.2) is 38.1 Å². The minimum Gasteiger partial charge on any atom is -0.497 e. The lowest BCUT2D eigenvalue weighted by Crippen LogP contribution is -2.33. The fraction of sp³-hybridized carbons (Fsp3) is 0.632. The van der Waals surface area contributed by atoms with Crippen LogP contribution in [0.4, 0.5) is 0 Å². The smallest absolute Gasteiger partial charge is 0.223 e. The predicted octanol–water partition coefficient (Wildman–Crippen LogP) is 4.24. The van der Waals surface area contributed by atoms with E-state index in [9.17, 15) is 4.79 Å². The number of hydrogen-bond donors (Lipinski definition) is 0. The van der Waals surface area contributed by atoms with E-state index in [1.165, 1.54) is 0 Å². The summed E-state index contributed by atoms with van der Waals surface area (Å²) in [7, 11) is 3.29. The zero-order valence-corrected chi connectivity index (χ0v) is 15.2. The number of ether oxygens (including phenoxy) is 2. The number of rotatable bonds is 10. The number of methoxy groups -OCH3 is 2. The van der Waals surface area contributed by atoms with E-state index in [2.05, 4.69) is 20.8 Å². The van der Waals surface area contributed by atoms with Crippen molar-refractivity contribution in [3.8, 4) is 11.5 Å². The molecule has 1 atom stereocenters. The third-order valence-electron chi connectivity index (χ3n) is 4.08. The highest BCUT2D eigenvalue weighted by molar-refractivity contribution is 5.77. The fourth-order valence-electron chi connectivity index (χ4n) is 2.71. The van der Waals surface area contributed by atoms with Gasteiger partial charge in [0.2, 0.25) is 5.91 Å². The molecule has 0 saturated carbocycles. The maximum Gasteiger partial charge on any atom is 0.223 e. The van der Waals surface area contributed by atoms with E-state index in [-0.39, 0.29) is 11.8 Å². The van der Waals surface area contributed by atoms with Gasteiger partial charge < -0.3 is 14.4 Å². The summed E-state index contributed by atoms with van der Waals surface area (Å²) >= 11 is 0. The highest BCUT2D eigenvalue weighted by Gasteiger charge is 2.19. The summed E-state index contributed by atoms with van der Waals surface area (Å²) in [6, 6.07) is 5.78. The lowest BCUT2D eigenvalue weighted by atomic mass is 9.96. The quantitative estimate of drug-likeness (QED) is 0.647. The number of carbonyl (C=O) groups excluding carboxylic acids is 1. The van der Waals surface area contributed by atoms with Gasteiger partial charge in [-0.25, -0.2) is 0 Å². The second-order valence-electron chi connectivity index (χ2n) is 5.95. The van der Waals surface area contributed by atoms with Gasteiger partial charge in [0, 0.05) is 25.6 Å². The average Bonchev–Trinajstić information content (AvgIpc) is 2.57. The molecule has 1 rings (SSSR count). The van der Waals surface area contributed by atoms with Crippen molar-refractivity contribution in [3.63, 3.8) is 0 Å². The molecule has 1 aromatic carbocycles. The second-order valence-corrected chi connectivity index (χ2v) is 5.95. The van der Waals surface area contributed by atoms with Crippen molar-refractivity contribution in [1.29, 1.82) is 0 Å². The van der Waals surface area contributed by atoms with Crippen LogP contribution in [0.1, 0.15) is 57.9 Å². The lowest BCUT2D eigenvalue weighted by molar-refractivity contribution is -0.131. The van der Waals surface area contributed by atoms with Crippen LogP contribution in [0.5, 0.6) is 11.5 Å². The van der Waals surface area contributed by atoms with Crippen LogP contribution in [0.25, 0.3) is 0 Å². The normalized spacial score (nSPS) is 11.9. The van der Waals surface area contributed by atoms with Crippen molar-refractivity contribution in [2.24, 2.45) is 0 Å². The number of carbonyl (C=O) groups is 1. The summed E-state index contributed by atoms with van der Waals surface area (Å²) in [6.07, 6.45) is 3.67. The monoisotopic (exact) mass is 321 g/mol. The van der Waals surface area contributed by atoms with Crippen LogP contribution >= 0.6 is 0 Å². The fourth-order valence-corrected chi connectivity index (χ4v) is 2.71. The van der Waals surface area contributed by atoms with Gasteiger partial charge in [-0.15, -0.1) is 0 Å². The van der Waals surface area contributed by atoms with E-state index >= 15 is 0 Å². The van der Waals surface area contributed by atoms with Crippen LogP contribution in [0.15, 0.2) is 18.2 Å². The van der Waals surface area contributed by atoms with E-state index < -0.39 is 0 Å². The maximum atomic E-state index is 12.6. The SMILES string of the molecule is CCCCN(CCC)C(=O)CC(C)c1ccc(OC)cc1OC. The third kappa shape index (κ3) is 5.77. The molecule has 130 valence electrons. The van der Waals surface area contributed by atoms with Crippen LogP contribution in [-0.2, 0) is 4.79 Å². The molecule has 0 radical (unpaired) electrons. The average molecular weight is 321 g/mol. The van der Waals surface area contributed by atoms with Gasteiger partial charge in [-0.3, -0.25) is 4.79 Å². The van der Waals surface area contributed by atoms with Gasteiger partial charge in [-0.05, 0) is 30.4 Å². The van der Waals surface area contributed by atoms with Gasteiger partial charge in [0.25, 0.3) is 0 Å². The zero-order chi connectivity index (χ0) is 17.2. The Hall–Kier alpha value is -1.71. The van der Waals surface area contributed by atoms with Gasteiger partial charge in [-0.2, -0.15) is 0 Å². The molecule has 0 heterocycles. The molecule has 0 aliphatic rings. The van der Waals surface area contributed by atoms with Crippen LogP contribution in [0.2, 0.25) is 0 Å². The summed E-state index contributed by atoms with van der Waals surface area (Å²) in [5.41, 5.74) is 1.05. The Balaban J connectivity index is 2.80. The predicted molar refractivity (Wildman–Crippen MR) is 94.4 cm³/mol. The minimum atomic E-state index is 0.115. The Labute approximate surface area is 140 Å². The summed E-state index contributed by atoms with van der Waals surface area (Å²) < 4.78 is 10.7. The number of nitrogens with zero attached hydrogens (tertiary/aromatic N) is 1. The first-order valence-electron chi connectivity index (χ1n) is 8.57. The standard InChI is InChI=1S/C19H31NO3/c1-6-8-12-20(11-7-2)19(21)13-15(3)17-10-9-16(22-4)14-18(17)23-5/h9-10,14-15H,6-8,11-13H2,1-5H3. The highest BCUT2D eigenvalue weighted by atomic mass is 16.5. The maximum absolute atomic E-state index is 12.6. The summed E-state index contributed by atoms with van der Waals surface area (Å²) in [5, 5.41) is 0. The molecule has 0 spiro atoms. The van der Waals surface area contributed by atoms with Crippen molar-refractivity contribution in [3.05, 3.63) is 23.8 Å². The van der Waals surface area contributed by atoms with Crippen molar-refractivity contribution in [2.75, 3.05) is 27.3 Å². The first kappa shape index (κ1) is 19.3. The van der Waals surface area contributed by atoms with E-state index in [0.717, 1.165) is 49.4 Å². The van der Waals surface area contributed by atoms with Crippen LogP contribution in [0.3, 0.4) is 0 Å². The van der Waals surface area contributed by atoms with E-state index in [1.54, 1.807) is 14.2 Å². The number of benzene rings is 1. The van der Waals surface area contributed by atoms with Crippen LogP contribution < -0.4 is 9.47 Å². The molecule has 4 heteroatoms. The summed E-state index contributed by atoms with van der Waals surface area (Å²) in [6.45, 7) is 8.04. The van der Waals surface area contributed by atoms with Crippen molar-refractivity contribution in [1.82, 2.24) is 4.90 Å². The Morgan fingerprint density at radius 3 is 2.43 bits per heavy atom. The Kier molecular flexibility index (Phi) is 8.52. The molecule has 0 aliphatic carbocycles. The third-order valence-corrected chi connectivity index (χ3v) is 4.08. The molecule has 23 heavy (non-hydrogen) atoms. The molecular formula is C19H31NO3. The molecule has 0 aliphatic heterocycles. The van der Waals surface area contributed by atoms with Gasteiger partial charge in [0.15, 0.2) is 0 Å². The molecular weight excluding hydrogens is 290 g/mol. The number of unbranched alkanes of at least 4 members (excludes halogenated alkanes) is 1. The van der Waals surface area contributed by atoms with Gasteiger partial charge in [0.1, 0.15) is 11.5 Å². The van der Waals surface area contributed by atoms with Crippen molar-refractivity contribution in [2.45, 2.75) is 52.4 Å². The van der Waals surface area contributed by atoms with Gasteiger partial charge in [-0.1, -0.05) is 33.3 Å². The Bertz CT molecular complexity index is 488. The topological polar surface area (TPSA) is 38.8 Å². The number of amides is 1. The molecule has 0 bridgehead atoms.